The Kier molecular flexibility index (Phi) is 8.12. The summed E-state index contributed by atoms with van der Waals surface area (Å²) in [7, 11) is 3.52. The van der Waals surface area contributed by atoms with Crippen molar-refractivity contribution < 1.29 is 14.2 Å². The van der Waals surface area contributed by atoms with Crippen LogP contribution < -0.4 is 5.32 Å². The number of rotatable bonds is 10. The van der Waals surface area contributed by atoms with E-state index in [1.807, 2.05) is 19.2 Å². The van der Waals surface area contributed by atoms with Gasteiger partial charge < -0.3 is 19.5 Å². The van der Waals surface area contributed by atoms with Crippen molar-refractivity contribution in [1.82, 2.24) is 4.98 Å². The lowest BCUT2D eigenvalue weighted by Crippen LogP contribution is -2.06. The first-order valence-electron chi connectivity index (χ1n) is 6.14. The number of methoxy groups -OCH3 is 1. The number of pyridine rings is 1. The molecule has 0 aromatic carbocycles. The van der Waals surface area contributed by atoms with Gasteiger partial charge in [-0.15, -0.1) is 0 Å². The second kappa shape index (κ2) is 9.82. The van der Waals surface area contributed by atoms with E-state index in [9.17, 15) is 0 Å². The fourth-order valence-corrected chi connectivity index (χ4v) is 1.47. The Balaban J connectivity index is 2.07. The molecule has 0 bridgehead atoms. The zero-order valence-corrected chi connectivity index (χ0v) is 11.1. The second-order valence-electron chi connectivity index (χ2n) is 3.77. The summed E-state index contributed by atoms with van der Waals surface area (Å²) in [5.74, 6) is 0.869. The van der Waals surface area contributed by atoms with Gasteiger partial charge in [-0.05, 0) is 12.5 Å². The third-order valence-electron chi connectivity index (χ3n) is 2.39. The summed E-state index contributed by atoms with van der Waals surface area (Å²) < 4.78 is 15.8. The van der Waals surface area contributed by atoms with Crippen LogP contribution in [0.2, 0.25) is 0 Å². The summed E-state index contributed by atoms with van der Waals surface area (Å²) >= 11 is 0. The van der Waals surface area contributed by atoms with Crippen LogP contribution in [0.4, 0.5) is 5.82 Å². The van der Waals surface area contributed by atoms with E-state index >= 15 is 0 Å². The molecule has 0 aliphatic rings. The molecule has 1 rings (SSSR count). The lowest BCUT2D eigenvalue weighted by Gasteiger charge is -2.08. The van der Waals surface area contributed by atoms with Crippen molar-refractivity contribution in [1.29, 1.82) is 0 Å². The predicted octanol–water partition coefficient (Wildman–Crippen LogP) is 1.69. The van der Waals surface area contributed by atoms with Gasteiger partial charge >= 0.3 is 0 Å². The van der Waals surface area contributed by atoms with E-state index in [1.165, 1.54) is 0 Å². The summed E-state index contributed by atoms with van der Waals surface area (Å²) in [6.07, 6.45) is 2.65. The Morgan fingerprint density at radius 3 is 2.78 bits per heavy atom. The third-order valence-corrected chi connectivity index (χ3v) is 2.39. The van der Waals surface area contributed by atoms with Crippen molar-refractivity contribution in [3.63, 3.8) is 0 Å². The Hall–Kier alpha value is -1.17. The van der Waals surface area contributed by atoms with Gasteiger partial charge in [0, 0.05) is 39.1 Å². The summed E-state index contributed by atoms with van der Waals surface area (Å²) in [4.78, 5) is 4.22. The van der Waals surface area contributed by atoms with Crippen molar-refractivity contribution in [2.75, 3.05) is 45.9 Å². The minimum atomic E-state index is 0.572. The molecule has 0 aliphatic heterocycles. The fraction of sp³-hybridized carbons (Fsp3) is 0.615. The van der Waals surface area contributed by atoms with Crippen molar-refractivity contribution >= 4 is 5.82 Å². The van der Waals surface area contributed by atoms with Crippen LogP contribution in [0.5, 0.6) is 0 Å². The number of nitrogens with zero attached hydrogens (tertiary/aromatic N) is 1. The number of aromatic nitrogens is 1. The maximum Gasteiger partial charge on any atom is 0.131 e. The first-order valence-corrected chi connectivity index (χ1v) is 6.14. The minimum absolute atomic E-state index is 0.572. The number of nitrogens with one attached hydrogen (secondary N) is 1. The molecule has 0 fully saturated rings. The first kappa shape index (κ1) is 14.9. The van der Waals surface area contributed by atoms with Crippen molar-refractivity contribution in [3.8, 4) is 0 Å². The summed E-state index contributed by atoms with van der Waals surface area (Å²) in [6.45, 7) is 3.24. The van der Waals surface area contributed by atoms with E-state index in [0.29, 0.717) is 33.0 Å². The standard InChI is InChI=1S/C13H22N2O3/c1-14-13-12(5-3-6-15-13)11-18-8-4-7-17-10-9-16-2/h3,5-6H,4,7-11H2,1-2H3,(H,14,15). The Morgan fingerprint density at radius 2 is 2.00 bits per heavy atom. The molecule has 0 aliphatic carbocycles. The molecule has 0 spiro atoms. The molecule has 0 unspecified atom stereocenters. The quantitative estimate of drug-likeness (QED) is 0.644. The highest BCUT2D eigenvalue weighted by molar-refractivity contribution is 5.42. The van der Waals surface area contributed by atoms with E-state index in [-0.39, 0.29) is 0 Å². The molecule has 102 valence electrons. The highest BCUT2D eigenvalue weighted by Gasteiger charge is 2.00. The Labute approximate surface area is 108 Å². The van der Waals surface area contributed by atoms with Gasteiger partial charge in [-0.25, -0.2) is 4.98 Å². The largest absolute Gasteiger partial charge is 0.382 e. The zero-order valence-electron chi connectivity index (χ0n) is 11.1. The highest BCUT2D eigenvalue weighted by atomic mass is 16.5. The topological polar surface area (TPSA) is 52.6 Å². The lowest BCUT2D eigenvalue weighted by atomic mass is 10.3. The molecule has 1 aromatic rings. The van der Waals surface area contributed by atoms with Gasteiger partial charge in [0.15, 0.2) is 0 Å². The number of hydrogen-bond donors (Lipinski definition) is 1. The van der Waals surface area contributed by atoms with E-state index < -0.39 is 0 Å². The Morgan fingerprint density at radius 1 is 1.17 bits per heavy atom. The lowest BCUT2D eigenvalue weighted by molar-refractivity contribution is 0.0484. The fourth-order valence-electron chi connectivity index (χ4n) is 1.47. The van der Waals surface area contributed by atoms with Crippen molar-refractivity contribution in [2.45, 2.75) is 13.0 Å². The van der Waals surface area contributed by atoms with Gasteiger partial charge in [-0.2, -0.15) is 0 Å². The molecule has 1 aromatic heterocycles. The van der Waals surface area contributed by atoms with Crippen LogP contribution >= 0.6 is 0 Å². The van der Waals surface area contributed by atoms with Crippen LogP contribution in [0.25, 0.3) is 0 Å². The second-order valence-corrected chi connectivity index (χ2v) is 3.77. The van der Waals surface area contributed by atoms with Gasteiger partial charge in [-0.1, -0.05) is 6.07 Å². The minimum Gasteiger partial charge on any atom is -0.382 e. The van der Waals surface area contributed by atoms with Gasteiger partial charge in [-0.3, -0.25) is 0 Å². The average molecular weight is 254 g/mol. The van der Waals surface area contributed by atoms with E-state index in [2.05, 4.69) is 10.3 Å². The molecule has 5 nitrogen and oxygen atoms in total. The average Bonchev–Trinajstić information content (AvgIpc) is 2.42. The molecule has 18 heavy (non-hydrogen) atoms. The molecule has 0 atom stereocenters. The molecule has 0 saturated carbocycles. The monoisotopic (exact) mass is 254 g/mol. The normalized spacial score (nSPS) is 10.6. The van der Waals surface area contributed by atoms with Crippen LogP contribution in [-0.2, 0) is 20.8 Å². The van der Waals surface area contributed by atoms with Crippen molar-refractivity contribution in [2.24, 2.45) is 0 Å². The summed E-state index contributed by atoms with van der Waals surface area (Å²) in [5.41, 5.74) is 1.07. The maximum absolute atomic E-state index is 5.58. The van der Waals surface area contributed by atoms with E-state index in [1.54, 1.807) is 13.3 Å². The smallest absolute Gasteiger partial charge is 0.131 e. The van der Waals surface area contributed by atoms with Crippen LogP contribution in [0, 0.1) is 0 Å². The van der Waals surface area contributed by atoms with E-state index in [4.69, 9.17) is 14.2 Å². The molecule has 5 heteroatoms. The zero-order chi connectivity index (χ0) is 13.1. The molecule has 0 radical (unpaired) electrons. The first-order chi connectivity index (χ1) is 8.88. The SMILES string of the molecule is CNc1ncccc1COCCCOCCOC. The van der Waals surface area contributed by atoms with Crippen molar-refractivity contribution in [3.05, 3.63) is 23.9 Å². The molecule has 1 N–H and O–H groups in total. The molecule has 1 heterocycles. The maximum atomic E-state index is 5.58. The van der Waals surface area contributed by atoms with Gasteiger partial charge in [0.25, 0.3) is 0 Å². The van der Waals surface area contributed by atoms with Crippen LogP contribution in [0.15, 0.2) is 18.3 Å². The predicted molar refractivity (Wildman–Crippen MR) is 70.8 cm³/mol. The molecule has 0 saturated heterocycles. The number of hydrogen-bond acceptors (Lipinski definition) is 5. The van der Waals surface area contributed by atoms with Crippen LogP contribution in [0.1, 0.15) is 12.0 Å². The Bertz CT molecular complexity index is 321. The van der Waals surface area contributed by atoms with Gasteiger partial charge in [0.2, 0.25) is 0 Å². The summed E-state index contributed by atoms with van der Waals surface area (Å²) in [5, 5.41) is 3.04. The van der Waals surface area contributed by atoms with Gasteiger partial charge in [0.05, 0.1) is 19.8 Å². The van der Waals surface area contributed by atoms with E-state index in [0.717, 1.165) is 17.8 Å². The highest BCUT2D eigenvalue weighted by Crippen LogP contribution is 2.11. The number of anilines is 1. The van der Waals surface area contributed by atoms with Crippen LogP contribution in [0.3, 0.4) is 0 Å². The van der Waals surface area contributed by atoms with Crippen LogP contribution in [-0.4, -0.2) is 45.6 Å². The molecule has 0 amide bonds. The molecular formula is C13H22N2O3. The summed E-state index contributed by atoms with van der Waals surface area (Å²) in [6, 6.07) is 3.92. The number of ether oxygens (including phenoxy) is 3. The molecular weight excluding hydrogens is 232 g/mol. The van der Waals surface area contributed by atoms with Gasteiger partial charge in [0.1, 0.15) is 5.82 Å². The third kappa shape index (κ3) is 5.95.